The van der Waals surface area contributed by atoms with Gasteiger partial charge in [0.15, 0.2) is 0 Å². The van der Waals surface area contributed by atoms with Crippen molar-refractivity contribution in [3.05, 3.63) is 42.0 Å². The van der Waals surface area contributed by atoms with Gasteiger partial charge in [-0.15, -0.1) is 12.4 Å². The quantitative estimate of drug-likeness (QED) is 0.914. The summed E-state index contributed by atoms with van der Waals surface area (Å²) in [6.45, 7) is 0. The van der Waals surface area contributed by atoms with E-state index in [1.54, 1.807) is 7.11 Å². The van der Waals surface area contributed by atoms with Crippen LogP contribution >= 0.6 is 12.4 Å². The first-order chi connectivity index (χ1) is 8.76. The van der Waals surface area contributed by atoms with Crippen LogP contribution in [0.5, 0.6) is 5.75 Å². The largest absolute Gasteiger partial charge is 0.497 e. The van der Waals surface area contributed by atoms with Gasteiger partial charge >= 0.3 is 0 Å². The number of hydrogen-bond acceptors (Lipinski definition) is 2. The monoisotopic (exact) mass is 277 g/mol. The van der Waals surface area contributed by atoms with Crippen LogP contribution in [0.15, 0.2) is 36.4 Å². The second-order valence-electron chi connectivity index (χ2n) is 5.26. The first-order valence-corrected chi connectivity index (χ1v) is 6.59. The second-order valence-corrected chi connectivity index (χ2v) is 5.26. The lowest BCUT2D eigenvalue weighted by molar-refractivity contribution is 0.415. The van der Waals surface area contributed by atoms with E-state index >= 15 is 0 Å². The third-order valence-electron chi connectivity index (χ3n) is 3.78. The molecule has 0 aliphatic heterocycles. The molecule has 0 unspecified atom stereocenters. The maximum absolute atomic E-state index is 6.26. The zero-order valence-corrected chi connectivity index (χ0v) is 12.0. The summed E-state index contributed by atoms with van der Waals surface area (Å²) in [5.74, 6) is 1.77. The number of hydrogen-bond donors (Lipinski definition) is 1. The highest BCUT2D eigenvalue weighted by molar-refractivity contribution is 5.85. The smallest absolute Gasteiger partial charge is 0.119 e. The first kappa shape index (κ1) is 14.2. The lowest BCUT2D eigenvalue weighted by Crippen LogP contribution is -2.10. The SMILES string of the molecule is COc1ccc2cc([C@H](N)CC3CC3)ccc2c1.Cl. The third-order valence-corrected chi connectivity index (χ3v) is 3.78. The molecule has 2 aromatic carbocycles. The molecule has 3 heteroatoms. The lowest BCUT2D eigenvalue weighted by Gasteiger charge is -2.12. The van der Waals surface area contributed by atoms with Gasteiger partial charge in [-0.25, -0.2) is 0 Å². The molecule has 1 aliphatic carbocycles. The summed E-state index contributed by atoms with van der Waals surface area (Å²) in [6.07, 6.45) is 3.85. The van der Waals surface area contributed by atoms with E-state index in [4.69, 9.17) is 10.5 Å². The summed E-state index contributed by atoms with van der Waals surface area (Å²) < 4.78 is 5.24. The topological polar surface area (TPSA) is 35.2 Å². The number of methoxy groups -OCH3 is 1. The number of nitrogens with two attached hydrogens (primary N) is 1. The second kappa shape index (κ2) is 5.81. The van der Waals surface area contributed by atoms with Crippen LogP contribution in [0.25, 0.3) is 10.8 Å². The van der Waals surface area contributed by atoms with Gasteiger partial charge in [0, 0.05) is 6.04 Å². The fourth-order valence-corrected chi connectivity index (χ4v) is 2.45. The molecule has 2 N–H and O–H groups in total. The highest BCUT2D eigenvalue weighted by atomic mass is 35.5. The summed E-state index contributed by atoms with van der Waals surface area (Å²) in [7, 11) is 1.70. The van der Waals surface area contributed by atoms with Gasteiger partial charge in [0.2, 0.25) is 0 Å². The van der Waals surface area contributed by atoms with E-state index in [0.717, 1.165) is 18.1 Å². The molecular formula is C16H20ClNO. The average molecular weight is 278 g/mol. The molecule has 1 aliphatic rings. The fraction of sp³-hybridized carbons (Fsp3) is 0.375. The number of fused-ring (bicyclic) bond motifs is 1. The van der Waals surface area contributed by atoms with Crippen LogP contribution in [0.4, 0.5) is 0 Å². The molecule has 0 bridgehead atoms. The molecule has 0 aromatic heterocycles. The summed E-state index contributed by atoms with van der Waals surface area (Å²) in [5.41, 5.74) is 7.51. The highest BCUT2D eigenvalue weighted by Gasteiger charge is 2.24. The summed E-state index contributed by atoms with van der Waals surface area (Å²) in [6, 6.07) is 12.8. The van der Waals surface area contributed by atoms with Gasteiger partial charge in [0.05, 0.1) is 7.11 Å². The van der Waals surface area contributed by atoms with Crippen LogP contribution in [0.2, 0.25) is 0 Å². The predicted molar refractivity (Wildman–Crippen MR) is 82.0 cm³/mol. The molecule has 0 radical (unpaired) electrons. The average Bonchev–Trinajstić information content (AvgIpc) is 3.21. The van der Waals surface area contributed by atoms with Crippen molar-refractivity contribution in [3.63, 3.8) is 0 Å². The van der Waals surface area contributed by atoms with Crippen LogP contribution in [0, 0.1) is 5.92 Å². The molecule has 102 valence electrons. The van der Waals surface area contributed by atoms with Crippen LogP contribution in [-0.2, 0) is 0 Å². The Morgan fingerprint density at radius 1 is 1.16 bits per heavy atom. The van der Waals surface area contributed by atoms with E-state index in [0.29, 0.717) is 0 Å². The lowest BCUT2D eigenvalue weighted by atomic mass is 9.99. The summed E-state index contributed by atoms with van der Waals surface area (Å²) >= 11 is 0. The Hall–Kier alpha value is -1.25. The minimum absolute atomic E-state index is 0. The highest BCUT2D eigenvalue weighted by Crippen LogP contribution is 2.37. The minimum Gasteiger partial charge on any atom is -0.497 e. The molecule has 0 heterocycles. The molecule has 1 saturated carbocycles. The maximum Gasteiger partial charge on any atom is 0.119 e. The van der Waals surface area contributed by atoms with Gasteiger partial charge in [0.1, 0.15) is 5.75 Å². The van der Waals surface area contributed by atoms with Crippen molar-refractivity contribution in [1.82, 2.24) is 0 Å². The van der Waals surface area contributed by atoms with Gasteiger partial charge in [-0.05, 0) is 46.9 Å². The number of halogens is 1. The molecule has 19 heavy (non-hydrogen) atoms. The zero-order valence-electron chi connectivity index (χ0n) is 11.1. The normalized spacial score (nSPS) is 15.9. The molecule has 2 aromatic rings. The minimum atomic E-state index is 0. The van der Waals surface area contributed by atoms with E-state index in [1.165, 1.54) is 29.2 Å². The van der Waals surface area contributed by atoms with Crippen molar-refractivity contribution in [2.45, 2.75) is 25.3 Å². The van der Waals surface area contributed by atoms with Gasteiger partial charge < -0.3 is 10.5 Å². The van der Waals surface area contributed by atoms with Crippen molar-refractivity contribution in [2.24, 2.45) is 11.7 Å². The van der Waals surface area contributed by atoms with Crippen LogP contribution < -0.4 is 10.5 Å². The van der Waals surface area contributed by atoms with Gasteiger partial charge in [-0.2, -0.15) is 0 Å². The Balaban J connectivity index is 0.00000133. The van der Waals surface area contributed by atoms with E-state index in [1.807, 2.05) is 6.07 Å². The molecule has 1 atom stereocenters. The van der Waals surface area contributed by atoms with Gasteiger partial charge in [0.25, 0.3) is 0 Å². The van der Waals surface area contributed by atoms with Gasteiger partial charge in [-0.3, -0.25) is 0 Å². The summed E-state index contributed by atoms with van der Waals surface area (Å²) in [4.78, 5) is 0. The Morgan fingerprint density at radius 3 is 2.53 bits per heavy atom. The molecule has 0 amide bonds. The van der Waals surface area contributed by atoms with Crippen LogP contribution in [0.3, 0.4) is 0 Å². The van der Waals surface area contributed by atoms with Crippen LogP contribution in [-0.4, -0.2) is 7.11 Å². The number of ether oxygens (including phenoxy) is 1. The van der Waals surface area contributed by atoms with Crippen molar-refractivity contribution >= 4 is 23.2 Å². The zero-order chi connectivity index (χ0) is 12.5. The molecule has 0 saturated heterocycles. The van der Waals surface area contributed by atoms with Crippen molar-refractivity contribution in [3.8, 4) is 5.75 Å². The Morgan fingerprint density at radius 2 is 1.84 bits per heavy atom. The predicted octanol–water partition coefficient (Wildman–Crippen LogP) is 4.07. The van der Waals surface area contributed by atoms with E-state index in [-0.39, 0.29) is 18.4 Å². The first-order valence-electron chi connectivity index (χ1n) is 6.59. The van der Waals surface area contributed by atoms with Gasteiger partial charge in [-0.1, -0.05) is 31.0 Å². The Bertz CT molecular complexity index is 566. The fourth-order valence-electron chi connectivity index (χ4n) is 2.45. The molecule has 1 fully saturated rings. The standard InChI is InChI=1S/C16H19NO.ClH/c1-18-15-7-6-12-9-14(5-4-13(12)10-15)16(17)8-11-2-3-11;/h4-7,9-11,16H,2-3,8,17H2,1H3;1H/t16-;/m1./s1. The van der Waals surface area contributed by atoms with E-state index < -0.39 is 0 Å². The maximum atomic E-state index is 6.26. The van der Waals surface area contributed by atoms with Crippen molar-refractivity contribution in [2.75, 3.05) is 7.11 Å². The van der Waals surface area contributed by atoms with Crippen molar-refractivity contribution in [1.29, 1.82) is 0 Å². The van der Waals surface area contributed by atoms with E-state index in [9.17, 15) is 0 Å². The van der Waals surface area contributed by atoms with Crippen molar-refractivity contribution < 1.29 is 4.74 Å². The van der Waals surface area contributed by atoms with E-state index in [2.05, 4.69) is 30.3 Å². The number of benzene rings is 2. The molecule has 0 spiro atoms. The van der Waals surface area contributed by atoms with Crippen LogP contribution in [0.1, 0.15) is 30.9 Å². The molecular weight excluding hydrogens is 258 g/mol. The summed E-state index contributed by atoms with van der Waals surface area (Å²) in [5, 5.41) is 2.44. The Labute approximate surface area is 120 Å². The Kier molecular flexibility index (Phi) is 4.33. The molecule has 2 nitrogen and oxygen atoms in total. The third kappa shape index (κ3) is 3.20. The number of rotatable bonds is 4. The molecule has 3 rings (SSSR count).